The van der Waals surface area contributed by atoms with Gasteiger partial charge in [-0.15, -0.1) is 0 Å². The molecule has 7 atom stereocenters. The summed E-state index contributed by atoms with van der Waals surface area (Å²) in [5.74, 6) is 0.646. The largest absolute Gasteiger partial charge is 0.378 e. The molecule has 1 saturated heterocycles. The van der Waals surface area contributed by atoms with Gasteiger partial charge in [0.15, 0.2) is 0 Å². The van der Waals surface area contributed by atoms with Crippen LogP contribution in [0.1, 0.15) is 94.9 Å². The lowest BCUT2D eigenvalue weighted by Gasteiger charge is -2.46. The van der Waals surface area contributed by atoms with E-state index in [0.717, 1.165) is 31.3 Å². The molecule has 1 rings (SSSR count). The highest BCUT2D eigenvalue weighted by molar-refractivity contribution is 5.05. The Hall–Kier alpha value is -0.500. The van der Waals surface area contributed by atoms with Gasteiger partial charge >= 0.3 is 0 Å². The van der Waals surface area contributed by atoms with E-state index in [2.05, 4.69) is 74.2 Å². The highest BCUT2D eigenvalue weighted by Gasteiger charge is 2.42. The van der Waals surface area contributed by atoms with Gasteiger partial charge in [-0.1, -0.05) is 33.8 Å². The van der Waals surface area contributed by atoms with Crippen LogP contribution in [0.2, 0.25) is 0 Å². The van der Waals surface area contributed by atoms with E-state index in [1.54, 1.807) is 0 Å². The van der Waals surface area contributed by atoms with Crippen LogP contribution in [0.15, 0.2) is 12.2 Å². The minimum Gasteiger partial charge on any atom is -0.378 e. The Morgan fingerprint density at radius 1 is 1.24 bits per heavy atom. The van der Waals surface area contributed by atoms with Crippen LogP contribution in [0.3, 0.4) is 0 Å². The Morgan fingerprint density at radius 3 is 2.41 bits per heavy atom. The molecule has 1 heterocycles. The monoisotopic (exact) mass is 483 g/mol. The Balaban J connectivity index is 3.18. The van der Waals surface area contributed by atoms with Crippen molar-refractivity contribution in [3.63, 3.8) is 0 Å². The smallest absolute Gasteiger partial charge is 0.0790 e. The summed E-state index contributed by atoms with van der Waals surface area (Å²) in [6, 6.07) is 0.328. The van der Waals surface area contributed by atoms with Crippen LogP contribution in [0.4, 0.5) is 0 Å². The second-order valence-electron chi connectivity index (χ2n) is 12.6. The molecule has 202 valence electrons. The molecule has 1 aliphatic rings. The van der Waals surface area contributed by atoms with E-state index < -0.39 is 0 Å². The molecule has 1 fully saturated rings. The Kier molecular flexibility index (Phi) is 12.2. The lowest BCUT2D eigenvalue weighted by Crippen LogP contribution is -2.49. The summed E-state index contributed by atoms with van der Waals surface area (Å²) in [6.07, 6.45) is 3.65. The predicted octanol–water partition coefficient (Wildman–Crippen LogP) is 5.00. The van der Waals surface area contributed by atoms with Crippen molar-refractivity contribution in [2.45, 2.75) is 130 Å². The highest BCUT2D eigenvalue weighted by Crippen LogP contribution is 2.45. The minimum atomic E-state index is -0.337. The Labute approximate surface area is 210 Å². The molecule has 6 nitrogen and oxygen atoms in total. The van der Waals surface area contributed by atoms with Crippen molar-refractivity contribution in [1.29, 1.82) is 0 Å². The number of rotatable bonds is 7. The molecule has 0 aromatic heterocycles. The molecule has 0 aromatic carbocycles. The zero-order valence-electron chi connectivity index (χ0n) is 24.0. The van der Waals surface area contributed by atoms with Gasteiger partial charge in [0, 0.05) is 12.1 Å². The quantitative estimate of drug-likeness (QED) is 0.441. The van der Waals surface area contributed by atoms with Crippen LogP contribution in [0.25, 0.3) is 0 Å². The molecular formula is C28H57N3O3. The zero-order valence-corrected chi connectivity index (χ0v) is 24.0. The third-order valence-corrected chi connectivity index (χ3v) is 7.73. The SMILES string of the molecule is C=C1COC(C)(C)CC(CC)(CC(C)(C)OCC(C)C(C)N)CC(C)OCC(C)C(C)NC1N. The van der Waals surface area contributed by atoms with E-state index in [9.17, 15) is 0 Å². The summed E-state index contributed by atoms with van der Waals surface area (Å²) in [7, 11) is 0. The highest BCUT2D eigenvalue weighted by atomic mass is 16.5. The summed E-state index contributed by atoms with van der Waals surface area (Å²) >= 11 is 0. The molecule has 0 spiro atoms. The van der Waals surface area contributed by atoms with E-state index in [1.165, 1.54) is 0 Å². The van der Waals surface area contributed by atoms with Gasteiger partial charge in [0.2, 0.25) is 0 Å². The zero-order chi connectivity index (χ0) is 26.3. The second-order valence-corrected chi connectivity index (χ2v) is 12.6. The molecule has 7 unspecified atom stereocenters. The summed E-state index contributed by atoms with van der Waals surface area (Å²) in [5.41, 5.74) is 12.7. The fraction of sp³-hybridized carbons (Fsp3) is 0.929. The maximum atomic E-state index is 6.46. The van der Waals surface area contributed by atoms with E-state index >= 15 is 0 Å². The average molecular weight is 484 g/mol. The normalized spacial score (nSPS) is 34.3. The number of hydrogen-bond donors (Lipinski definition) is 3. The van der Waals surface area contributed by atoms with Crippen molar-refractivity contribution < 1.29 is 14.2 Å². The van der Waals surface area contributed by atoms with Crippen molar-refractivity contribution in [3.8, 4) is 0 Å². The minimum absolute atomic E-state index is 0.00462. The van der Waals surface area contributed by atoms with Crippen molar-refractivity contribution in [2.24, 2.45) is 28.7 Å². The van der Waals surface area contributed by atoms with Gasteiger partial charge in [0.1, 0.15) is 0 Å². The van der Waals surface area contributed by atoms with Gasteiger partial charge in [-0.25, -0.2) is 0 Å². The first-order valence-electron chi connectivity index (χ1n) is 13.4. The molecule has 0 saturated carbocycles. The van der Waals surface area contributed by atoms with Gasteiger partial charge in [-0.05, 0) is 90.6 Å². The summed E-state index contributed by atoms with van der Waals surface area (Å²) in [6.45, 7) is 27.8. The molecule has 0 bridgehead atoms. The van der Waals surface area contributed by atoms with Crippen LogP contribution in [-0.2, 0) is 14.2 Å². The second kappa shape index (κ2) is 13.2. The van der Waals surface area contributed by atoms with E-state index in [4.69, 9.17) is 25.7 Å². The lowest BCUT2D eigenvalue weighted by atomic mass is 9.67. The third kappa shape index (κ3) is 10.6. The summed E-state index contributed by atoms with van der Waals surface area (Å²) < 4.78 is 19.3. The number of nitrogens with two attached hydrogens (primary N) is 2. The van der Waals surface area contributed by atoms with Gasteiger partial charge in [-0.3, -0.25) is 5.32 Å². The van der Waals surface area contributed by atoms with Crippen molar-refractivity contribution in [3.05, 3.63) is 12.2 Å². The van der Waals surface area contributed by atoms with Crippen LogP contribution in [0, 0.1) is 17.3 Å². The first-order valence-corrected chi connectivity index (χ1v) is 13.4. The van der Waals surface area contributed by atoms with Crippen LogP contribution in [-0.4, -0.2) is 55.4 Å². The summed E-state index contributed by atoms with van der Waals surface area (Å²) in [5, 5.41) is 3.46. The number of ether oxygens (including phenoxy) is 3. The molecule has 5 N–H and O–H groups in total. The average Bonchev–Trinajstić information content (AvgIpc) is 2.72. The van der Waals surface area contributed by atoms with E-state index in [1.807, 2.05) is 6.92 Å². The fourth-order valence-corrected chi connectivity index (χ4v) is 5.09. The Morgan fingerprint density at radius 2 is 1.85 bits per heavy atom. The maximum absolute atomic E-state index is 6.46. The van der Waals surface area contributed by atoms with Crippen LogP contribution >= 0.6 is 0 Å². The molecule has 34 heavy (non-hydrogen) atoms. The third-order valence-electron chi connectivity index (χ3n) is 7.73. The molecule has 0 aliphatic carbocycles. The molecule has 0 radical (unpaired) electrons. The van der Waals surface area contributed by atoms with Gasteiger partial charge in [0.05, 0.1) is 43.3 Å². The van der Waals surface area contributed by atoms with Crippen molar-refractivity contribution in [2.75, 3.05) is 19.8 Å². The first-order chi connectivity index (χ1) is 15.5. The van der Waals surface area contributed by atoms with E-state index in [-0.39, 0.29) is 41.0 Å². The topological polar surface area (TPSA) is 91.8 Å². The molecule has 0 amide bonds. The lowest BCUT2D eigenvalue weighted by molar-refractivity contribution is -0.107. The maximum Gasteiger partial charge on any atom is 0.0790 e. The van der Waals surface area contributed by atoms with Gasteiger partial charge in [0.25, 0.3) is 0 Å². The summed E-state index contributed by atoms with van der Waals surface area (Å²) in [4.78, 5) is 0. The standard InChI is InChI=1S/C28H57N3O3/c1-12-28(17-26(8,9)33-15-19(2)23(6)29)13-22(5)32-14-20(3)24(7)31-25(30)21(4)16-34-27(10,11)18-28/h19-20,22-25,31H,4,12-18,29-30H2,1-3,5-11H3. The van der Waals surface area contributed by atoms with Crippen LogP contribution in [0.5, 0.6) is 0 Å². The number of nitrogens with one attached hydrogen (secondary N) is 1. The predicted molar refractivity (Wildman–Crippen MR) is 144 cm³/mol. The van der Waals surface area contributed by atoms with Gasteiger partial charge < -0.3 is 25.7 Å². The van der Waals surface area contributed by atoms with E-state index in [0.29, 0.717) is 31.7 Å². The number of hydrogen-bond acceptors (Lipinski definition) is 6. The first kappa shape index (κ1) is 31.5. The molecule has 6 heteroatoms. The van der Waals surface area contributed by atoms with Crippen molar-refractivity contribution in [1.82, 2.24) is 5.32 Å². The van der Waals surface area contributed by atoms with Crippen LogP contribution < -0.4 is 16.8 Å². The van der Waals surface area contributed by atoms with Gasteiger partial charge in [-0.2, -0.15) is 0 Å². The fourth-order valence-electron chi connectivity index (χ4n) is 5.09. The molecular weight excluding hydrogens is 426 g/mol. The molecule has 1 aliphatic heterocycles. The van der Waals surface area contributed by atoms with Crippen molar-refractivity contribution >= 4 is 0 Å². The Bertz CT molecular complexity index is 622. The molecule has 0 aromatic rings.